The Balaban J connectivity index is 1.82. The summed E-state index contributed by atoms with van der Waals surface area (Å²) in [6.07, 6.45) is 7.44. The number of aliphatic hydroxyl groups is 2. The average molecular weight is 460 g/mol. The monoisotopic (exact) mass is 459 g/mol. The van der Waals surface area contributed by atoms with E-state index in [0.29, 0.717) is 25.0 Å². The van der Waals surface area contributed by atoms with Gasteiger partial charge in [0.05, 0.1) is 11.2 Å². The van der Waals surface area contributed by atoms with Gasteiger partial charge in [0.25, 0.3) is 0 Å². The minimum atomic E-state index is -0.766. The van der Waals surface area contributed by atoms with Crippen molar-refractivity contribution >= 4 is 17.9 Å². The summed E-state index contributed by atoms with van der Waals surface area (Å²) in [6, 6.07) is 2.51. The van der Waals surface area contributed by atoms with Crippen molar-refractivity contribution in [3.8, 4) is 11.5 Å². The second kappa shape index (κ2) is 9.11. The molecule has 0 heterocycles. The molecule has 1 aromatic carbocycles. The number of hydrogen-bond acceptors (Lipinski definition) is 6. The number of anilines is 1. The highest BCUT2D eigenvalue weighted by molar-refractivity contribution is 5.96. The number of allylic oxidation sites excluding steroid dienone is 2. The summed E-state index contributed by atoms with van der Waals surface area (Å²) >= 11 is 0. The van der Waals surface area contributed by atoms with E-state index < -0.39 is 22.7 Å². The van der Waals surface area contributed by atoms with Gasteiger partial charge in [0, 0.05) is 13.0 Å². The van der Waals surface area contributed by atoms with Gasteiger partial charge in [0.2, 0.25) is 5.91 Å². The normalized spacial score (nSPS) is 33.1. The zero-order valence-corrected chi connectivity index (χ0v) is 20.0. The van der Waals surface area contributed by atoms with Crippen LogP contribution >= 0.6 is 0 Å². The van der Waals surface area contributed by atoms with Gasteiger partial charge in [-0.1, -0.05) is 26.0 Å². The Morgan fingerprint density at radius 3 is 2.61 bits per heavy atom. The molecule has 0 radical (unpaired) electrons. The van der Waals surface area contributed by atoms with E-state index >= 15 is 0 Å². The zero-order chi connectivity index (χ0) is 24.6. The summed E-state index contributed by atoms with van der Waals surface area (Å²) in [6.45, 7) is 7.97. The van der Waals surface area contributed by atoms with E-state index in [1.165, 1.54) is 12.1 Å². The topological polar surface area (TPSA) is 127 Å². The van der Waals surface area contributed by atoms with Crippen LogP contribution in [0.3, 0.4) is 0 Å². The van der Waals surface area contributed by atoms with E-state index in [1.54, 1.807) is 0 Å². The molecule has 1 aromatic rings. The Morgan fingerprint density at radius 2 is 2.00 bits per heavy atom. The van der Waals surface area contributed by atoms with Gasteiger partial charge in [-0.2, -0.15) is 0 Å². The molecule has 2 fully saturated rings. The Hall–Kier alpha value is -2.38. The van der Waals surface area contributed by atoms with Gasteiger partial charge >= 0.3 is 0 Å². The van der Waals surface area contributed by atoms with Crippen LogP contribution in [-0.2, 0) is 4.79 Å². The molecule has 5 N–H and O–H groups in total. The van der Waals surface area contributed by atoms with Crippen molar-refractivity contribution < 1.29 is 30.0 Å². The van der Waals surface area contributed by atoms with Gasteiger partial charge in [-0.3, -0.25) is 9.59 Å². The van der Waals surface area contributed by atoms with Gasteiger partial charge in [0.1, 0.15) is 11.4 Å². The molecule has 0 aromatic heterocycles. The lowest BCUT2D eigenvalue weighted by molar-refractivity contribution is -0.117. The number of amides is 1. The third-order valence-electron chi connectivity index (χ3n) is 8.06. The molecule has 1 amide bonds. The highest BCUT2D eigenvalue weighted by atomic mass is 16.3. The van der Waals surface area contributed by atoms with E-state index in [0.717, 1.165) is 12.8 Å². The number of aromatic hydroxyl groups is 2. The van der Waals surface area contributed by atoms with Crippen LogP contribution in [-0.4, -0.2) is 44.8 Å². The summed E-state index contributed by atoms with van der Waals surface area (Å²) in [5.74, 6) is -0.538. The van der Waals surface area contributed by atoms with Crippen molar-refractivity contribution in [3.63, 3.8) is 0 Å². The van der Waals surface area contributed by atoms with Crippen molar-refractivity contribution in [2.75, 3.05) is 11.9 Å². The third-order valence-corrected chi connectivity index (χ3v) is 8.06. The molecule has 6 atom stereocenters. The zero-order valence-electron chi connectivity index (χ0n) is 20.0. The fourth-order valence-corrected chi connectivity index (χ4v) is 7.02. The highest BCUT2D eigenvalue weighted by Crippen LogP contribution is 2.66. The Labute approximate surface area is 195 Å². The number of fused-ring (bicyclic) bond motifs is 2. The number of carbonyl (C=O) groups excluding carboxylic acids is 2. The Kier molecular flexibility index (Phi) is 6.97. The van der Waals surface area contributed by atoms with Crippen LogP contribution in [0, 0.1) is 28.6 Å². The summed E-state index contributed by atoms with van der Waals surface area (Å²) in [5.41, 5.74) is -1.81. The van der Waals surface area contributed by atoms with Gasteiger partial charge in [-0.25, -0.2) is 0 Å². The molecule has 2 aliphatic rings. The average Bonchev–Trinajstić information content (AvgIpc) is 2.95. The molecule has 2 aliphatic carbocycles. The van der Waals surface area contributed by atoms with Crippen molar-refractivity contribution in [2.24, 2.45) is 28.6 Å². The summed E-state index contributed by atoms with van der Waals surface area (Å²) < 4.78 is 0. The molecule has 7 nitrogen and oxygen atoms in total. The predicted octanol–water partition coefficient (Wildman–Crippen LogP) is 4.01. The number of rotatable bonds is 8. The number of aliphatic hydroxyl groups excluding tert-OH is 1. The Bertz CT molecular complexity index is 941. The van der Waals surface area contributed by atoms with Crippen LogP contribution in [0.5, 0.6) is 11.5 Å². The van der Waals surface area contributed by atoms with Crippen LogP contribution in [0.15, 0.2) is 24.3 Å². The smallest absolute Gasteiger partial charge is 0.224 e. The van der Waals surface area contributed by atoms with Crippen molar-refractivity contribution in [1.29, 1.82) is 0 Å². The van der Waals surface area contributed by atoms with E-state index in [-0.39, 0.29) is 47.3 Å². The first-order valence-corrected chi connectivity index (χ1v) is 11.7. The highest BCUT2D eigenvalue weighted by Gasteiger charge is 2.61. The van der Waals surface area contributed by atoms with Gasteiger partial charge in [-0.15, -0.1) is 0 Å². The lowest BCUT2D eigenvalue weighted by atomic mass is 9.58. The fraction of sp³-hybridized carbons (Fsp3) is 0.615. The Morgan fingerprint density at radius 1 is 1.30 bits per heavy atom. The molecule has 7 heteroatoms. The minimum Gasteiger partial charge on any atom is -0.506 e. The molecule has 5 unspecified atom stereocenters. The summed E-state index contributed by atoms with van der Waals surface area (Å²) in [5, 5.41) is 44.2. The molecule has 2 bridgehead atoms. The molecule has 0 spiro atoms. The summed E-state index contributed by atoms with van der Waals surface area (Å²) in [7, 11) is 0. The maximum Gasteiger partial charge on any atom is 0.224 e. The van der Waals surface area contributed by atoms with Crippen molar-refractivity contribution in [3.05, 3.63) is 29.8 Å². The van der Waals surface area contributed by atoms with Crippen molar-refractivity contribution in [1.82, 2.24) is 0 Å². The third kappa shape index (κ3) is 4.66. The lowest BCUT2D eigenvalue weighted by Crippen LogP contribution is -2.45. The molecule has 3 rings (SSSR count). The lowest BCUT2D eigenvalue weighted by Gasteiger charge is -2.48. The second-order valence-electron chi connectivity index (χ2n) is 10.8. The van der Waals surface area contributed by atoms with Crippen LogP contribution < -0.4 is 5.32 Å². The maximum absolute atomic E-state index is 12.8. The number of aldehydes is 1. The van der Waals surface area contributed by atoms with E-state index in [9.17, 15) is 30.0 Å². The SMILES string of the molecule is C/C=C\C12CC(CC(C)(O)C1)C(C)C2[C@@](C)(CO)CCC(=O)Nc1c(O)ccc(C=O)c1O. The molecule has 33 heavy (non-hydrogen) atoms. The number of phenolic OH excluding ortho intramolecular Hbond substituents is 2. The van der Waals surface area contributed by atoms with E-state index in [2.05, 4.69) is 18.3 Å². The molecule has 0 saturated heterocycles. The molecular weight excluding hydrogens is 422 g/mol. The van der Waals surface area contributed by atoms with Gasteiger partial charge in [-0.05, 0) is 80.2 Å². The van der Waals surface area contributed by atoms with Gasteiger partial charge in [0.15, 0.2) is 12.0 Å². The van der Waals surface area contributed by atoms with Crippen LogP contribution in [0.2, 0.25) is 0 Å². The standard InChI is InChI=1S/C26H37NO6/c1-5-9-26-12-18(11-25(4,33)14-26)16(2)23(26)24(3,15-29)10-8-20(31)27-21-19(30)7-6-17(13-28)22(21)32/h5-7,9,13,16,18,23,29-30,32-33H,8,10-12,14-15H2,1-4H3,(H,27,31)/b9-5-/t16?,18?,23?,24-,25?,26?/m1/s1. The van der Waals surface area contributed by atoms with Crippen LogP contribution in [0.1, 0.15) is 70.2 Å². The molecule has 0 aliphatic heterocycles. The van der Waals surface area contributed by atoms with Gasteiger partial charge < -0.3 is 25.7 Å². The summed E-state index contributed by atoms with van der Waals surface area (Å²) in [4.78, 5) is 23.8. The maximum atomic E-state index is 12.8. The minimum absolute atomic E-state index is 0.0318. The first kappa shape index (κ1) is 25.2. The molecule has 182 valence electrons. The number of hydrogen-bond donors (Lipinski definition) is 5. The van der Waals surface area contributed by atoms with Crippen molar-refractivity contribution in [2.45, 2.75) is 65.4 Å². The van der Waals surface area contributed by atoms with E-state index in [1.807, 2.05) is 26.8 Å². The largest absolute Gasteiger partial charge is 0.506 e. The first-order chi connectivity index (χ1) is 15.4. The van der Waals surface area contributed by atoms with Crippen LogP contribution in [0.4, 0.5) is 5.69 Å². The number of carbonyl (C=O) groups is 2. The fourth-order valence-electron chi connectivity index (χ4n) is 7.02. The second-order valence-corrected chi connectivity index (χ2v) is 10.8. The number of benzene rings is 1. The number of nitrogens with one attached hydrogen (secondary N) is 1. The first-order valence-electron chi connectivity index (χ1n) is 11.7. The predicted molar refractivity (Wildman–Crippen MR) is 126 cm³/mol. The quantitative estimate of drug-likeness (QED) is 0.227. The molecule has 2 saturated carbocycles. The number of phenols is 2. The molecular formula is C26H37NO6. The van der Waals surface area contributed by atoms with E-state index in [4.69, 9.17) is 0 Å². The van der Waals surface area contributed by atoms with Crippen LogP contribution in [0.25, 0.3) is 0 Å².